The molecular formula is C32H39N3O6S. The van der Waals surface area contributed by atoms with Gasteiger partial charge in [0.1, 0.15) is 25.8 Å². The molecule has 1 aliphatic rings. The quantitative estimate of drug-likeness (QED) is 0.380. The lowest BCUT2D eigenvalue weighted by atomic mass is 10.0. The van der Waals surface area contributed by atoms with E-state index in [0.717, 1.165) is 27.3 Å². The van der Waals surface area contributed by atoms with Gasteiger partial charge in [0.2, 0.25) is 21.8 Å². The van der Waals surface area contributed by atoms with Crippen LogP contribution in [0, 0.1) is 6.92 Å². The van der Waals surface area contributed by atoms with Gasteiger partial charge < -0.3 is 19.7 Å². The molecule has 1 atom stereocenters. The van der Waals surface area contributed by atoms with E-state index in [1.165, 1.54) is 4.90 Å². The number of amides is 2. The van der Waals surface area contributed by atoms with E-state index in [0.29, 0.717) is 24.7 Å². The van der Waals surface area contributed by atoms with Crippen molar-refractivity contribution >= 4 is 27.5 Å². The predicted octanol–water partition coefficient (Wildman–Crippen LogP) is 4.09. The summed E-state index contributed by atoms with van der Waals surface area (Å²) >= 11 is 0. The molecule has 0 aliphatic carbocycles. The molecule has 1 N–H and O–H groups in total. The van der Waals surface area contributed by atoms with Crippen LogP contribution in [0.2, 0.25) is 0 Å². The van der Waals surface area contributed by atoms with Gasteiger partial charge in [-0.1, -0.05) is 60.2 Å². The minimum atomic E-state index is -3.90. The highest BCUT2D eigenvalue weighted by molar-refractivity contribution is 7.92. The monoisotopic (exact) mass is 593 g/mol. The maximum Gasteiger partial charge on any atom is 0.244 e. The predicted molar refractivity (Wildman–Crippen MR) is 163 cm³/mol. The number of rotatable bonds is 10. The molecular weight excluding hydrogens is 554 g/mol. The van der Waals surface area contributed by atoms with Crippen LogP contribution in [0.4, 0.5) is 5.69 Å². The zero-order chi connectivity index (χ0) is 30.5. The second kappa shape index (κ2) is 12.9. The van der Waals surface area contributed by atoms with Crippen LogP contribution in [-0.4, -0.2) is 62.7 Å². The Bertz CT molecular complexity index is 1500. The summed E-state index contributed by atoms with van der Waals surface area (Å²) in [6.45, 7) is 7.96. The number of hydrogen-bond donors (Lipinski definition) is 1. The van der Waals surface area contributed by atoms with Crippen molar-refractivity contribution in [3.8, 4) is 11.5 Å². The summed E-state index contributed by atoms with van der Waals surface area (Å²) in [7, 11) is -3.90. The van der Waals surface area contributed by atoms with Crippen molar-refractivity contribution < 1.29 is 27.5 Å². The summed E-state index contributed by atoms with van der Waals surface area (Å²) in [6, 6.07) is 21.0. The van der Waals surface area contributed by atoms with Gasteiger partial charge in [-0.05, 0) is 51.0 Å². The number of hydrogen-bond acceptors (Lipinski definition) is 6. The third kappa shape index (κ3) is 8.25. The highest BCUT2D eigenvalue weighted by Crippen LogP contribution is 2.34. The molecule has 0 aromatic heterocycles. The molecule has 0 saturated carbocycles. The van der Waals surface area contributed by atoms with Gasteiger partial charge in [0, 0.05) is 24.6 Å². The average Bonchev–Trinajstić information content (AvgIpc) is 2.93. The zero-order valence-corrected chi connectivity index (χ0v) is 25.6. The fraction of sp³-hybridized carbons (Fsp3) is 0.375. The van der Waals surface area contributed by atoms with Crippen molar-refractivity contribution in [2.45, 2.75) is 52.2 Å². The first-order valence-corrected chi connectivity index (χ1v) is 15.7. The van der Waals surface area contributed by atoms with E-state index >= 15 is 0 Å². The molecule has 1 aliphatic heterocycles. The van der Waals surface area contributed by atoms with Gasteiger partial charge in [0.15, 0.2) is 11.5 Å². The van der Waals surface area contributed by atoms with Gasteiger partial charge in [-0.15, -0.1) is 0 Å². The third-order valence-electron chi connectivity index (χ3n) is 6.74. The number of fused-ring (bicyclic) bond motifs is 1. The first kappa shape index (κ1) is 30.9. The lowest BCUT2D eigenvalue weighted by molar-refractivity contribution is -0.140. The van der Waals surface area contributed by atoms with E-state index in [1.54, 1.807) is 18.2 Å². The van der Waals surface area contributed by atoms with Crippen LogP contribution in [0.3, 0.4) is 0 Å². The second-order valence-corrected chi connectivity index (χ2v) is 13.5. The molecule has 0 fully saturated rings. The molecule has 1 unspecified atom stereocenters. The van der Waals surface area contributed by atoms with Gasteiger partial charge in [-0.2, -0.15) is 0 Å². The van der Waals surface area contributed by atoms with E-state index in [2.05, 4.69) is 5.32 Å². The Morgan fingerprint density at radius 2 is 1.55 bits per heavy atom. The van der Waals surface area contributed by atoms with Crippen LogP contribution in [0.1, 0.15) is 37.5 Å². The number of benzene rings is 3. The number of nitrogens with zero attached hydrogens (tertiary/aromatic N) is 2. The second-order valence-electron chi connectivity index (χ2n) is 11.5. The fourth-order valence-electron chi connectivity index (χ4n) is 4.70. The van der Waals surface area contributed by atoms with E-state index in [9.17, 15) is 18.0 Å². The van der Waals surface area contributed by atoms with Gasteiger partial charge >= 0.3 is 0 Å². The van der Waals surface area contributed by atoms with Crippen LogP contribution < -0.4 is 19.1 Å². The summed E-state index contributed by atoms with van der Waals surface area (Å²) in [5.41, 5.74) is 2.48. The Morgan fingerprint density at radius 3 is 2.17 bits per heavy atom. The molecule has 0 spiro atoms. The molecule has 10 heteroatoms. The Labute approximate surface area is 248 Å². The number of ether oxygens (including phenoxy) is 2. The normalized spacial score (nSPS) is 13.6. The van der Waals surface area contributed by atoms with Crippen LogP contribution in [0.5, 0.6) is 11.5 Å². The number of carbonyl (C=O) groups is 2. The van der Waals surface area contributed by atoms with Crippen LogP contribution in [0.15, 0.2) is 72.8 Å². The number of aryl methyl sites for hydroxylation is 1. The SMILES string of the molecule is Cc1ccc(CN(C(=O)CN(c2ccc3c(c2)OCCO3)S(C)(=O)=O)C(Cc2ccccc2)C(=O)NC(C)(C)C)cc1. The number of anilines is 1. The Morgan fingerprint density at radius 1 is 0.905 bits per heavy atom. The van der Waals surface area contributed by atoms with Gasteiger partial charge in [-0.3, -0.25) is 13.9 Å². The lowest BCUT2D eigenvalue weighted by Crippen LogP contribution is -2.56. The standard InChI is InChI=1S/C32H39N3O6S/c1-23-11-13-25(14-12-23)21-34(27(31(37)33-32(2,3)4)19-24-9-7-6-8-10-24)30(36)22-35(42(5,38)39)26-15-16-28-29(20-26)41-18-17-40-28/h6-16,20,27H,17-19,21-22H2,1-5H3,(H,33,37). The molecule has 1 heterocycles. The van der Waals surface area contributed by atoms with Crippen molar-refractivity contribution in [3.05, 3.63) is 89.5 Å². The summed E-state index contributed by atoms with van der Waals surface area (Å²) in [6.07, 6.45) is 1.30. The van der Waals surface area contributed by atoms with Crippen LogP contribution in [-0.2, 0) is 32.6 Å². The first-order chi connectivity index (χ1) is 19.8. The van der Waals surface area contributed by atoms with Crippen molar-refractivity contribution in [1.29, 1.82) is 0 Å². The molecule has 3 aromatic carbocycles. The molecule has 3 aromatic rings. The Balaban J connectivity index is 1.74. The molecule has 0 bridgehead atoms. The summed E-state index contributed by atoms with van der Waals surface area (Å²) in [4.78, 5) is 29.5. The first-order valence-electron chi connectivity index (χ1n) is 13.9. The Kier molecular flexibility index (Phi) is 9.46. The molecule has 2 amide bonds. The molecule has 42 heavy (non-hydrogen) atoms. The number of sulfonamides is 1. The topological polar surface area (TPSA) is 105 Å². The van der Waals surface area contributed by atoms with Crippen molar-refractivity contribution in [2.75, 3.05) is 30.3 Å². The van der Waals surface area contributed by atoms with Crippen molar-refractivity contribution in [1.82, 2.24) is 10.2 Å². The van der Waals surface area contributed by atoms with Crippen LogP contribution in [0.25, 0.3) is 0 Å². The number of carbonyl (C=O) groups excluding carboxylic acids is 2. The Hall–Kier alpha value is -4.05. The summed E-state index contributed by atoms with van der Waals surface area (Å²) in [5.74, 6) is 0.0772. The van der Waals surface area contributed by atoms with E-state index in [-0.39, 0.29) is 24.6 Å². The fourth-order valence-corrected chi connectivity index (χ4v) is 5.54. The highest BCUT2D eigenvalue weighted by Gasteiger charge is 2.34. The zero-order valence-electron chi connectivity index (χ0n) is 24.8. The van der Waals surface area contributed by atoms with E-state index in [1.807, 2.05) is 82.3 Å². The summed E-state index contributed by atoms with van der Waals surface area (Å²) in [5, 5.41) is 3.02. The van der Waals surface area contributed by atoms with Gasteiger partial charge in [0.05, 0.1) is 11.9 Å². The third-order valence-corrected chi connectivity index (χ3v) is 7.88. The van der Waals surface area contributed by atoms with Crippen molar-refractivity contribution in [3.63, 3.8) is 0 Å². The minimum Gasteiger partial charge on any atom is -0.486 e. The maximum atomic E-state index is 14.2. The van der Waals surface area contributed by atoms with Gasteiger partial charge in [-0.25, -0.2) is 8.42 Å². The van der Waals surface area contributed by atoms with Gasteiger partial charge in [0.25, 0.3) is 0 Å². The minimum absolute atomic E-state index is 0.118. The molecule has 224 valence electrons. The largest absolute Gasteiger partial charge is 0.486 e. The smallest absolute Gasteiger partial charge is 0.244 e. The van der Waals surface area contributed by atoms with E-state index in [4.69, 9.17) is 9.47 Å². The molecule has 0 saturated heterocycles. The number of nitrogens with one attached hydrogen (secondary N) is 1. The average molecular weight is 594 g/mol. The highest BCUT2D eigenvalue weighted by atomic mass is 32.2. The van der Waals surface area contributed by atoms with E-state index < -0.39 is 34.1 Å². The summed E-state index contributed by atoms with van der Waals surface area (Å²) < 4.78 is 38.4. The molecule has 9 nitrogen and oxygen atoms in total. The molecule has 4 rings (SSSR count). The van der Waals surface area contributed by atoms with Crippen molar-refractivity contribution in [2.24, 2.45) is 0 Å². The molecule has 0 radical (unpaired) electrons. The lowest BCUT2D eigenvalue weighted by Gasteiger charge is -2.35. The maximum absolute atomic E-state index is 14.2. The van der Waals surface area contributed by atoms with Crippen LogP contribution >= 0.6 is 0 Å².